The molecule has 1 heterocycles. The molecule has 132 valence electrons. The molecule has 1 aromatic heterocycles. The summed E-state index contributed by atoms with van der Waals surface area (Å²) in [6, 6.07) is 7.12. The van der Waals surface area contributed by atoms with Gasteiger partial charge in [-0.15, -0.1) is 0 Å². The molecule has 0 saturated heterocycles. The van der Waals surface area contributed by atoms with E-state index in [9.17, 15) is 9.59 Å². The van der Waals surface area contributed by atoms with Crippen molar-refractivity contribution >= 4 is 17.6 Å². The predicted octanol–water partition coefficient (Wildman–Crippen LogP) is 2.85. The van der Waals surface area contributed by atoms with Crippen LogP contribution in [0.2, 0.25) is 0 Å². The zero-order valence-electron chi connectivity index (χ0n) is 14.6. The van der Waals surface area contributed by atoms with Gasteiger partial charge in [0, 0.05) is 30.4 Å². The van der Waals surface area contributed by atoms with Crippen LogP contribution in [-0.4, -0.2) is 35.1 Å². The molecule has 1 aliphatic carbocycles. The first-order chi connectivity index (χ1) is 11.9. The standard InChI is InChI=1S/C18H22N4O3/c1-11-4-5-13(17(23)19-14-6-7-14)9-16(11)20-18(24)22(3)10-15-8-12(2)25-21-15/h4-5,8-9,14H,6-7,10H2,1-3H3,(H,19,23)(H,20,24). The molecule has 0 atom stereocenters. The summed E-state index contributed by atoms with van der Waals surface area (Å²) in [5.74, 6) is 0.596. The lowest BCUT2D eigenvalue weighted by Gasteiger charge is -2.18. The quantitative estimate of drug-likeness (QED) is 0.874. The Bertz CT molecular complexity index is 795. The third-order valence-electron chi connectivity index (χ3n) is 4.08. The maximum atomic E-state index is 12.4. The average molecular weight is 342 g/mol. The second kappa shape index (κ2) is 6.96. The van der Waals surface area contributed by atoms with Crippen molar-refractivity contribution in [3.05, 3.63) is 46.8 Å². The maximum Gasteiger partial charge on any atom is 0.321 e. The second-order valence-electron chi connectivity index (χ2n) is 6.49. The molecular weight excluding hydrogens is 320 g/mol. The largest absolute Gasteiger partial charge is 0.361 e. The molecule has 7 nitrogen and oxygen atoms in total. The number of aryl methyl sites for hydroxylation is 2. The number of carbonyl (C=O) groups excluding carboxylic acids is 2. The fraction of sp³-hybridized carbons (Fsp3) is 0.389. The van der Waals surface area contributed by atoms with Crippen molar-refractivity contribution in [2.24, 2.45) is 0 Å². The van der Waals surface area contributed by atoms with Crippen molar-refractivity contribution in [2.75, 3.05) is 12.4 Å². The minimum atomic E-state index is -0.275. The van der Waals surface area contributed by atoms with Gasteiger partial charge in [-0.3, -0.25) is 4.79 Å². The zero-order chi connectivity index (χ0) is 18.0. The molecule has 1 aliphatic rings. The number of benzene rings is 1. The SMILES string of the molecule is Cc1cc(CN(C)C(=O)Nc2cc(C(=O)NC3CC3)ccc2C)no1. The van der Waals surface area contributed by atoms with Gasteiger partial charge in [-0.25, -0.2) is 4.79 Å². The maximum absolute atomic E-state index is 12.4. The predicted molar refractivity (Wildman–Crippen MR) is 93.4 cm³/mol. The molecule has 1 fully saturated rings. The molecule has 2 aromatic rings. The van der Waals surface area contributed by atoms with Crippen LogP contribution >= 0.6 is 0 Å². The summed E-state index contributed by atoms with van der Waals surface area (Å²) in [5, 5.41) is 9.68. The summed E-state index contributed by atoms with van der Waals surface area (Å²) in [4.78, 5) is 26.1. The number of amides is 3. The Morgan fingerprint density at radius 2 is 2.04 bits per heavy atom. The highest BCUT2D eigenvalue weighted by molar-refractivity contribution is 5.97. The summed E-state index contributed by atoms with van der Waals surface area (Å²) in [7, 11) is 1.68. The summed E-state index contributed by atoms with van der Waals surface area (Å²) in [6.45, 7) is 4.03. The topological polar surface area (TPSA) is 87.5 Å². The lowest BCUT2D eigenvalue weighted by molar-refractivity contribution is 0.0951. The smallest absolute Gasteiger partial charge is 0.321 e. The fourth-order valence-corrected chi connectivity index (χ4v) is 2.41. The molecule has 25 heavy (non-hydrogen) atoms. The number of anilines is 1. The van der Waals surface area contributed by atoms with Crippen molar-refractivity contribution < 1.29 is 14.1 Å². The monoisotopic (exact) mass is 342 g/mol. The van der Waals surface area contributed by atoms with Gasteiger partial charge < -0.3 is 20.1 Å². The lowest BCUT2D eigenvalue weighted by atomic mass is 10.1. The molecule has 0 spiro atoms. The van der Waals surface area contributed by atoms with Crippen molar-refractivity contribution in [2.45, 2.75) is 39.3 Å². The summed E-state index contributed by atoms with van der Waals surface area (Å²) in [5.41, 5.74) is 2.74. The van der Waals surface area contributed by atoms with Crippen molar-refractivity contribution in [3.63, 3.8) is 0 Å². The number of rotatable bonds is 5. The van der Waals surface area contributed by atoms with Gasteiger partial charge in [0.25, 0.3) is 5.91 Å². The normalized spacial score (nSPS) is 13.4. The number of nitrogens with one attached hydrogen (secondary N) is 2. The Balaban J connectivity index is 1.65. The van der Waals surface area contributed by atoms with Gasteiger partial charge in [0.1, 0.15) is 11.5 Å². The van der Waals surface area contributed by atoms with Crippen LogP contribution in [0.3, 0.4) is 0 Å². The van der Waals surface area contributed by atoms with E-state index in [2.05, 4.69) is 15.8 Å². The van der Waals surface area contributed by atoms with Crippen LogP contribution in [0.4, 0.5) is 10.5 Å². The van der Waals surface area contributed by atoms with Crippen LogP contribution in [0.15, 0.2) is 28.8 Å². The Morgan fingerprint density at radius 1 is 1.28 bits per heavy atom. The van der Waals surface area contributed by atoms with Gasteiger partial charge in [-0.2, -0.15) is 0 Å². The van der Waals surface area contributed by atoms with Crippen LogP contribution in [0.5, 0.6) is 0 Å². The van der Waals surface area contributed by atoms with Crippen LogP contribution in [0, 0.1) is 13.8 Å². The minimum Gasteiger partial charge on any atom is -0.361 e. The van der Waals surface area contributed by atoms with Crippen LogP contribution in [0.25, 0.3) is 0 Å². The summed E-state index contributed by atoms with van der Waals surface area (Å²) < 4.78 is 5.01. The van der Waals surface area contributed by atoms with Crippen molar-refractivity contribution in [1.29, 1.82) is 0 Å². The zero-order valence-corrected chi connectivity index (χ0v) is 14.6. The molecular formula is C18H22N4O3. The Kier molecular flexibility index (Phi) is 4.74. The third kappa shape index (κ3) is 4.37. The van der Waals surface area contributed by atoms with E-state index in [4.69, 9.17) is 4.52 Å². The first-order valence-corrected chi connectivity index (χ1v) is 8.28. The molecule has 3 amide bonds. The summed E-state index contributed by atoms with van der Waals surface area (Å²) in [6.07, 6.45) is 2.07. The van der Waals surface area contributed by atoms with Gasteiger partial charge in [-0.05, 0) is 44.4 Å². The van der Waals surface area contributed by atoms with E-state index < -0.39 is 0 Å². The molecule has 7 heteroatoms. The first kappa shape index (κ1) is 17.0. The highest BCUT2D eigenvalue weighted by Crippen LogP contribution is 2.21. The van der Waals surface area contributed by atoms with E-state index in [1.807, 2.05) is 13.0 Å². The third-order valence-corrected chi connectivity index (χ3v) is 4.08. The number of nitrogens with zero attached hydrogens (tertiary/aromatic N) is 2. The van der Waals surface area contributed by atoms with Gasteiger partial charge in [-0.1, -0.05) is 11.2 Å². The van der Waals surface area contributed by atoms with Gasteiger partial charge in [0.05, 0.1) is 6.54 Å². The lowest BCUT2D eigenvalue weighted by Crippen LogP contribution is -2.31. The van der Waals surface area contributed by atoms with Gasteiger partial charge >= 0.3 is 6.03 Å². The Hall–Kier alpha value is -2.83. The summed E-state index contributed by atoms with van der Waals surface area (Å²) >= 11 is 0. The number of urea groups is 1. The highest BCUT2D eigenvalue weighted by Gasteiger charge is 2.24. The van der Waals surface area contributed by atoms with Crippen LogP contribution in [0.1, 0.15) is 40.2 Å². The number of carbonyl (C=O) groups is 2. The molecule has 1 saturated carbocycles. The average Bonchev–Trinajstić information content (AvgIpc) is 3.29. The van der Waals surface area contributed by atoms with E-state index in [1.165, 1.54) is 4.90 Å². The van der Waals surface area contributed by atoms with Crippen molar-refractivity contribution in [1.82, 2.24) is 15.4 Å². The molecule has 0 unspecified atom stereocenters. The molecule has 2 N–H and O–H groups in total. The molecule has 1 aromatic carbocycles. The molecule has 0 aliphatic heterocycles. The Labute approximate surface area is 146 Å². The van der Waals surface area contributed by atoms with E-state index in [-0.39, 0.29) is 11.9 Å². The molecule has 0 bridgehead atoms. The number of aromatic nitrogens is 1. The van der Waals surface area contributed by atoms with Crippen molar-refractivity contribution in [3.8, 4) is 0 Å². The van der Waals surface area contributed by atoms with E-state index in [0.717, 1.165) is 18.4 Å². The number of hydrogen-bond acceptors (Lipinski definition) is 4. The second-order valence-corrected chi connectivity index (χ2v) is 6.49. The number of hydrogen-bond donors (Lipinski definition) is 2. The molecule has 0 radical (unpaired) electrons. The highest BCUT2D eigenvalue weighted by atomic mass is 16.5. The van der Waals surface area contributed by atoms with Gasteiger partial charge in [0.2, 0.25) is 0 Å². The van der Waals surface area contributed by atoms with E-state index in [1.54, 1.807) is 32.2 Å². The van der Waals surface area contributed by atoms with Crippen LogP contribution < -0.4 is 10.6 Å². The molecule has 3 rings (SSSR count). The van der Waals surface area contributed by atoms with Crippen LogP contribution in [-0.2, 0) is 6.54 Å². The van der Waals surface area contributed by atoms with Gasteiger partial charge in [0.15, 0.2) is 0 Å². The van der Waals surface area contributed by atoms with E-state index in [0.29, 0.717) is 35.3 Å². The van der Waals surface area contributed by atoms with E-state index >= 15 is 0 Å². The minimum absolute atomic E-state index is 0.107. The fourth-order valence-electron chi connectivity index (χ4n) is 2.41. The Morgan fingerprint density at radius 3 is 2.68 bits per heavy atom. The first-order valence-electron chi connectivity index (χ1n) is 8.28.